The van der Waals surface area contributed by atoms with Gasteiger partial charge in [0, 0.05) is 37.4 Å². The predicted octanol–water partition coefficient (Wildman–Crippen LogP) is 3.00. The summed E-state index contributed by atoms with van der Waals surface area (Å²) in [5.41, 5.74) is 4.87. The lowest BCUT2D eigenvalue weighted by Gasteiger charge is -2.30. The van der Waals surface area contributed by atoms with Crippen molar-refractivity contribution in [2.75, 3.05) is 62.4 Å². The van der Waals surface area contributed by atoms with E-state index in [1.54, 1.807) is 11.3 Å². The van der Waals surface area contributed by atoms with Crippen molar-refractivity contribution >= 4 is 32.9 Å². The average Bonchev–Trinajstić information content (AvgIpc) is 2.78. The molecular formula is C22H25N3O3S. The first-order valence-electron chi connectivity index (χ1n) is 10.3. The first-order chi connectivity index (χ1) is 14.2. The summed E-state index contributed by atoms with van der Waals surface area (Å²) in [6.45, 7) is 8.17. The number of morpholine rings is 2. The lowest BCUT2D eigenvalue weighted by molar-refractivity contribution is 0.122. The Balaban J connectivity index is 1.68. The minimum Gasteiger partial charge on any atom is -0.378 e. The molecule has 2 saturated heterocycles. The smallest absolute Gasteiger partial charge is 0.206 e. The normalized spacial score (nSPS) is 18.0. The number of aryl methyl sites for hydroxylation is 1. The number of fused-ring (bicyclic) bond motifs is 2. The minimum atomic E-state index is 0.142. The Bertz CT molecular complexity index is 1060. The summed E-state index contributed by atoms with van der Waals surface area (Å²) in [5.74, 6) is 0. The lowest BCUT2D eigenvalue weighted by atomic mass is 10.1. The number of hydrogen-bond acceptors (Lipinski definition) is 7. The molecule has 0 atom stereocenters. The van der Waals surface area contributed by atoms with Crippen LogP contribution in [0.25, 0.3) is 20.8 Å². The van der Waals surface area contributed by atoms with Crippen molar-refractivity contribution in [3.05, 3.63) is 40.1 Å². The molecule has 0 aromatic heterocycles. The maximum atomic E-state index is 13.2. The summed E-state index contributed by atoms with van der Waals surface area (Å²) in [7, 11) is 0. The van der Waals surface area contributed by atoms with Crippen LogP contribution in [0.4, 0.5) is 11.4 Å². The van der Waals surface area contributed by atoms with Crippen LogP contribution in [0, 0.1) is 0 Å². The number of aromatic nitrogens is 1. The fourth-order valence-electron chi connectivity index (χ4n) is 4.13. The Morgan fingerprint density at radius 1 is 1.00 bits per heavy atom. The van der Waals surface area contributed by atoms with E-state index in [-0.39, 0.29) is 5.43 Å². The molecule has 0 bridgehead atoms. The molecule has 4 aliphatic rings. The van der Waals surface area contributed by atoms with E-state index in [1.165, 1.54) is 5.69 Å². The molecule has 0 unspecified atom stereocenters. The van der Waals surface area contributed by atoms with Gasteiger partial charge in [-0.25, -0.2) is 4.98 Å². The predicted molar refractivity (Wildman–Crippen MR) is 118 cm³/mol. The van der Waals surface area contributed by atoms with Crippen molar-refractivity contribution in [1.82, 2.24) is 4.98 Å². The summed E-state index contributed by atoms with van der Waals surface area (Å²) >= 11 is 1.68. The summed E-state index contributed by atoms with van der Waals surface area (Å²) in [6.07, 6.45) is 0.715. The highest BCUT2D eigenvalue weighted by Crippen LogP contribution is 2.38. The molecule has 29 heavy (non-hydrogen) atoms. The van der Waals surface area contributed by atoms with Crippen LogP contribution < -0.4 is 15.2 Å². The van der Waals surface area contributed by atoms with Gasteiger partial charge >= 0.3 is 0 Å². The van der Waals surface area contributed by atoms with Crippen LogP contribution in [0.2, 0.25) is 0 Å². The molecular weight excluding hydrogens is 386 g/mol. The van der Waals surface area contributed by atoms with Gasteiger partial charge in [0.15, 0.2) is 0 Å². The molecule has 6 nitrogen and oxygen atoms in total. The van der Waals surface area contributed by atoms with Crippen molar-refractivity contribution in [1.29, 1.82) is 0 Å². The third-order valence-electron chi connectivity index (χ3n) is 5.75. The van der Waals surface area contributed by atoms with Gasteiger partial charge in [-0.1, -0.05) is 6.92 Å². The van der Waals surface area contributed by atoms with Crippen molar-refractivity contribution in [3.63, 3.8) is 0 Å². The topological polar surface area (TPSA) is 54.9 Å². The van der Waals surface area contributed by atoms with Crippen LogP contribution in [0.1, 0.15) is 12.5 Å². The monoisotopic (exact) mass is 411 g/mol. The molecule has 0 amide bonds. The number of rotatable bonds is 3. The van der Waals surface area contributed by atoms with Crippen molar-refractivity contribution in [3.8, 4) is 10.6 Å². The van der Waals surface area contributed by atoms with Crippen LogP contribution in [0.3, 0.4) is 0 Å². The number of anilines is 2. The van der Waals surface area contributed by atoms with Crippen LogP contribution in [0.5, 0.6) is 0 Å². The lowest BCUT2D eigenvalue weighted by Crippen LogP contribution is -2.39. The highest BCUT2D eigenvalue weighted by Gasteiger charge is 2.24. The molecule has 3 aliphatic heterocycles. The van der Waals surface area contributed by atoms with Gasteiger partial charge in [0.2, 0.25) is 5.43 Å². The van der Waals surface area contributed by atoms with E-state index >= 15 is 0 Å². The molecule has 2 fully saturated rings. The summed E-state index contributed by atoms with van der Waals surface area (Å²) in [5, 5.41) is 0. The Kier molecular flexibility index (Phi) is 5.11. The molecule has 1 aliphatic carbocycles. The third kappa shape index (κ3) is 3.47. The first kappa shape index (κ1) is 18.8. The maximum Gasteiger partial charge on any atom is 0.206 e. The molecule has 0 radical (unpaired) electrons. The van der Waals surface area contributed by atoms with E-state index in [4.69, 9.17) is 14.5 Å². The second-order valence-corrected chi connectivity index (χ2v) is 8.53. The minimum absolute atomic E-state index is 0.142. The molecule has 0 N–H and O–H groups in total. The van der Waals surface area contributed by atoms with Crippen molar-refractivity contribution in [2.24, 2.45) is 0 Å². The molecule has 1 aromatic rings. The number of hydrogen-bond donors (Lipinski definition) is 0. The molecule has 0 saturated carbocycles. The molecule has 1 aromatic carbocycles. The van der Waals surface area contributed by atoms with E-state index in [9.17, 15) is 4.79 Å². The first-order valence-corrected chi connectivity index (χ1v) is 11.1. The van der Waals surface area contributed by atoms with Gasteiger partial charge in [-0.2, -0.15) is 0 Å². The van der Waals surface area contributed by atoms with Gasteiger partial charge in [-0.05, 0) is 30.7 Å². The van der Waals surface area contributed by atoms with Crippen LogP contribution in [0.15, 0.2) is 29.1 Å². The molecule has 0 spiro atoms. The van der Waals surface area contributed by atoms with Gasteiger partial charge < -0.3 is 19.3 Å². The number of benzene rings is 2. The molecule has 152 valence electrons. The van der Waals surface area contributed by atoms with Crippen LogP contribution in [-0.4, -0.2) is 57.6 Å². The zero-order valence-corrected chi connectivity index (χ0v) is 17.5. The largest absolute Gasteiger partial charge is 0.378 e. The maximum absolute atomic E-state index is 13.2. The van der Waals surface area contributed by atoms with E-state index in [1.807, 2.05) is 13.0 Å². The Morgan fingerprint density at radius 2 is 1.69 bits per heavy atom. The van der Waals surface area contributed by atoms with Crippen molar-refractivity contribution in [2.45, 2.75) is 13.3 Å². The van der Waals surface area contributed by atoms with Gasteiger partial charge in [-0.3, -0.25) is 4.79 Å². The van der Waals surface area contributed by atoms with E-state index in [2.05, 4.69) is 28.0 Å². The van der Waals surface area contributed by atoms with E-state index in [0.29, 0.717) is 19.6 Å². The fraction of sp³-hybridized carbons (Fsp3) is 0.455. The Labute approximate surface area is 174 Å². The van der Waals surface area contributed by atoms with Gasteiger partial charge in [-0.15, -0.1) is 11.3 Å². The molecule has 5 rings (SSSR count). The highest BCUT2D eigenvalue weighted by atomic mass is 32.1. The number of ether oxygens (including phenoxy) is 2. The summed E-state index contributed by atoms with van der Waals surface area (Å²) < 4.78 is 12.1. The number of nitrogens with zero attached hydrogens (tertiary/aromatic N) is 3. The Morgan fingerprint density at radius 3 is 2.38 bits per heavy atom. The summed E-state index contributed by atoms with van der Waals surface area (Å²) in [6, 6.07) is 8.43. The van der Waals surface area contributed by atoms with Gasteiger partial charge in [0.25, 0.3) is 0 Å². The van der Waals surface area contributed by atoms with E-state index in [0.717, 1.165) is 71.4 Å². The van der Waals surface area contributed by atoms with Gasteiger partial charge in [0.1, 0.15) is 5.69 Å². The fourth-order valence-corrected chi connectivity index (χ4v) is 5.27. The second-order valence-electron chi connectivity index (χ2n) is 7.48. The summed E-state index contributed by atoms with van der Waals surface area (Å²) in [4.78, 5) is 23.7. The van der Waals surface area contributed by atoms with Gasteiger partial charge in [0.05, 0.1) is 47.2 Å². The second kappa shape index (κ2) is 7.89. The third-order valence-corrected chi connectivity index (χ3v) is 6.90. The standard InChI is InChI=1S/C22H25N3O3S/c1-2-15-13-18-22(20(21(15)26)25-7-11-28-12-8-25)29-19-14-16(3-4-17(19)23-18)24-5-9-27-10-6-24/h3-4,13-14H,2,5-12H2,1H3. The quantitative estimate of drug-likeness (QED) is 0.618. The Hall–Kier alpha value is -2.22. The van der Waals surface area contributed by atoms with Crippen LogP contribution >= 0.6 is 11.3 Å². The highest BCUT2D eigenvalue weighted by molar-refractivity contribution is 7.22. The molecule has 3 heterocycles. The van der Waals surface area contributed by atoms with Crippen molar-refractivity contribution < 1.29 is 9.47 Å². The average molecular weight is 412 g/mol. The molecule has 7 heteroatoms. The zero-order chi connectivity index (χ0) is 19.8. The SMILES string of the molecule is CCc1cc2nc3ccc(N4CCOCC4)cc3sc-2c(N2CCOCC2)c1=O. The van der Waals surface area contributed by atoms with E-state index < -0.39 is 0 Å². The zero-order valence-electron chi connectivity index (χ0n) is 16.6. The van der Waals surface area contributed by atoms with Crippen LogP contribution in [-0.2, 0) is 15.9 Å².